The molecule has 1 saturated heterocycles. The van der Waals surface area contributed by atoms with Crippen molar-refractivity contribution < 1.29 is 22.4 Å². The van der Waals surface area contributed by atoms with Crippen LogP contribution in [-0.2, 0) is 19.4 Å². The maximum Gasteiger partial charge on any atom is 0.246 e. The molecule has 1 saturated carbocycles. The molecule has 182 valence electrons. The van der Waals surface area contributed by atoms with E-state index in [1.165, 1.54) is 18.2 Å². The predicted octanol–water partition coefficient (Wildman–Crippen LogP) is 3.75. The van der Waals surface area contributed by atoms with E-state index in [9.17, 15) is 22.4 Å². The summed E-state index contributed by atoms with van der Waals surface area (Å²) >= 11 is 0. The minimum absolute atomic E-state index is 0.00247. The number of anilines is 2. The third kappa shape index (κ3) is 6.01. The molecular weight excluding hydrogens is 457 g/mol. The first kappa shape index (κ1) is 24.3. The van der Waals surface area contributed by atoms with Crippen molar-refractivity contribution in [1.82, 2.24) is 4.90 Å². The molecular formula is C25H30FN3O4S. The maximum absolute atomic E-state index is 14.4. The molecule has 0 bridgehead atoms. The Morgan fingerprint density at radius 1 is 0.941 bits per heavy atom. The molecule has 0 radical (unpaired) electrons. The Morgan fingerprint density at radius 3 is 2.29 bits per heavy atom. The lowest BCUT2D eigenvalue weighted by molar-refractivity contribution is -0.122. The van der Waals surface area contributed by atoms with Crippen molar-refractivity contribution in [3.05, 3.63) is 59.9 Å². The monoisotopic (exact) mass is 487 g/mol. The van der Waals surface area contributed by atoms with Gasteiger partial charge in [0.25, 0.3) is 0 Å². The normalized spacial score (nSPS) is 19.8. The minimum atomic E-state index is -3.10. The summed E-state index contributed by atoms with van der Waals surface area (Å²) in [6, 6.07) is 12.6. The number of hydrogen-bond acceptors (Lipinski definition) is 5. The number of rotatable bonds is 6. The lowest BCUT2D eigenvalue weighted by Crippen LogP contribution is -2.46. The van der Waals surface area contributed by atoms with E-state index in [0.29, 0.717) is 5.69 Å². The van der Waals surface area contributed by atoms with Gasteiger partial charge in [-0.3, -0.25) is 14.5 Å². The summed E-state index contributed by atoms with van der Waals surface area (Å²) in [4.78, 5) is 27.8. The van der Waals surface area contributed by atoms with Gasteiger partial charge in [-0.15, -0.1) is 0 Å². The fourth-order valence-electron chi connectivity index (χ4n) is 4.66. The summed E-state index contributed by atoms with van der Waals surface area (Å²) in [6.07, 6.45) is 4.71. The molecule has 2 N–H and O–H groups in total. The van der Waals surface area contributed by atoms with Gasteiger partial charge in [0.05, 0.1) is 17.2 Å². The van der Waals surface area contributed by atoms with Crippen LogP contribution >= 0.6 is 0 Å². The van der Waals surface area contributed by atoms with Gasteiger partial charge in [0.2, 0.25) is 11.8 Å². The molecule has 2 fully saturated rings. The Morgan fingerprint density at radius 2 is 1.62 bits per heavy atom. The SMILES string of the molecule is O=C(Nc1cc(NC(=O)C(c2ccccc2)N2CCS(=O)(=O)CC2)ccc1F)C1CCCCC1. The largest absolute Gasteiger partial charge is 0.324 e. The van der Waals surface area contributed by atoms with Crippen LogP contribution in [0.25, 0.3) is 0 Å². The molecule has 2 aromatic rings. The van der Waals surface area contributed by atoms with E-state index in [2.05, 4.69) is 10.6 Å². The standard InChI is InChI=1S/C25H30FN3O4S/c26-21-12-11-20(17-22(21)28-24(30)19-9-5-2-6-10-19)27-25(31)23(18-7-3-1-4-8-18)29-13-15-34(32,33)16-14-29/h1,3-4,7-8,11-12,17,19,23H,2,5-6,9-10,13-16H2,(H,27,31)(H,28,30). The number of carbonyl (C=O) groups excluding carboxylic acids is 2. The molecule has 0 aromatic heterocycles. The van der Waals surface area contributed by atoms with E-state index in [1.807, 2.05) is 35.2 Å². The molecule has 7 nitrogen and oxygen atoms in total. The van der Waals surface area contributed by atoms with Crippen molar-refractivity contribution in [1.29, 1.82) is 0 Å². The van der Waals surface area contributed by atoms with Crippen LogP contribution in [0.15, 0.2) is 48.5 Å². The molecule has 9 heteroatoms. The van der Waals surface area contributed by atoms with E-state index in [1.54, 1.807) is 0 Å². The smallest absolute Gasteiger partial charge is 0.246 e. The van der Waals surface area contributed by atoms with Crippen LogP contribution in [-0.4, -0.2) is 49.7 Å². The van der Waals surface area contributed by atoms with Crippen molar-refractivity contribution in [2.24, 2.45) is 5.92 Å². The zero-order valence-corrected chi connectivity index (χ0v) is 19.8. The Bertz CT molecular complexity index is 1120. The number of halogens is 1. The van der Waals surface area contributed by atoms with Gasteiger partial charge in [0, 0.05) is 24.7 Å². The Labute approximate surface area is 199 Å². The molecule has 34 heavy (non-hydrogen) atoms. The first-order chi connectivity index (χ1) is 16.3. The predicted molar refractivity (Wildman–Crippen MR) is 130 cm³/mol. The van der Waals surface area contributed by atoms with Crippen molar-refractivity contribution in [3.63, 3.8) is 0 Å². The van der Waals surface area contributed by atoms with E-state index in [4.69, 9.17) is 0 Å². The average Bonchev–Trinajstić information content (AvgIpc) is 2.83. The van der Waals surface area contributed by atoms with Crippen LogP contribution < -0.4 is 10.6 Å². The topological polar surface area (TPSA) is 95.6 Å². The summed E-state index contributed by atoms with van der Waals surface area (Å²) in [5.74, 6) is -1.23. The van der Waals surface area contributed by atoms with E-state index in [0.717, 1.165) is 37.7 Å². The Kier molecular flexibility index (Phi) is 7.63. The van der Waals surface area contributed by atoms with Crippen LogP contribution in [0, 0.1) is 11.7 Å². The highest BCUT2D eigenvalue weighted by Gasteiger charge is 2.32. The van der Waals surface area contributed by atoms with E-state index < -0.39 is 21.7 Å². The summed E-state index contributed by atoms with van der Waals surface area (Å²) < 4.78 is 38.2. The second-order valence-electron chi connectivity index (χ2n) is 9.01. The molecule has 1 heterocycles. The zero-order chi connectivity index (χ0) is 24.1. The first-order valence-electron chi connectivity index (χ1n) is 11.7. The molecule has 1 aliphatic heterocycles. The molecule has 1 unspecified atom stereocenters. The van der Waals surface area contributed by atoms with Gasteiger partial charge in [-0.25, -0.2) is 12.8 Å². The first-order valence-corrected chi connectivity index (χ1v) is 13.6. The van der Waals surface area contributed by atoms with Gasteiger partial charge in [0.15, 0.2) is 9.84 Å². The maximum atomic E-state index is 14.4. The summed E-state index contributed by atoms with van der Waals surface area (Å²) in [7, 11) is -3.10. The Hall–Kier alpha value is -2.78. The van der Waals surface area contributed by atoms with Crippen LogP contribution in [0.1, 0.15) is 43.7 Å². The van der Waals surface area contributed by atoms with Crippen LogP contribution in [0.3, 0.4) is 0 Å². The van der Waals surface area contributed by atoms with Crippen LogP contribution in [0.4, 0.5) is 15.8 Å². The lowest BCUT2D eigenvalue weighted by Gasteiger charge is -2.33. The van der Waals surface area contributed by atoms with Gasteiger partial charge >= 0.3 is 0 Å². The molecule has 2 amide bonds. The molecule has 2 aliphatic rings. The average molecular weight is 488 g/mol. The number of nitrogens with one attached hydrogen (secondary N) is 2. The minimum Gasteiger partial charge on any atom is -0.324 e. The van der Waals surface area contributed by atoms with Gasteiger partial charge in [-0.1, -0.05) is 49.6 Å². The second kappa shape index (κ2) is 10.7. The van der Waals surface area contributed by atoms with E-state index in [-0.39, 0.29) is 48.0 Å². The second-order valence-corrected chi connectivity index (χ2v) is 11.3. The number of nitrogens with zero attached hydrogens (tertiary/aromatic N) is 1. The summed E-state index contributed by atoms with van der Waals surface area (Å²) in [5, 5.41) is 5.52. The number of hydrogen-bond donors (Lipinski definition) is 2. The highest BCUT2D eigenvalue weighted by molar-refractivity contribution is 7.91. The number of benzene rings is 2. The highest BCUT2D eigenvalue weighted by Crippen LogP contribution is 2.28. The molecule has 1 aliphatic carbocycles. The Balaban J connectivity index is 1.51. The van der Waals surface area contributed by atoms with E-state index >= 15 is 0 Å². The molecule has 4 rings (SSSR count). The lowest BCUT2D eigenvalue weighted by atomic mass is 9.88. The third-order valence-corrected chi connectivity index (χ3v) is 8.18. The number of carbonyl (C=O) groups is 2. The van der Waals surface area contributed by atoms with Crippen molar-refractivity contribution in [2.75, 3.05) is 35.2 Å². The number of sulfone groups is 1. The van der Waals surface area contributed by atoms with Gasteiger partial charge in [-0.2, -0.15) is 0 Å². The fraction of sp³-hybridized carbons (Fsp3) is 0.440. The summed E-state index contributed by atoms with van der Waals surface area (Å²) in [6.45, 7) is 0.503. The third-order valence-electron chi connectivity index (χ3n) is 6.58. The quantitative estimate of drug-likeness (QED) is 0.647. The van der Waals surface area contributed by atoms with Crippen molar-refractivity contribution in [3.8, 4) is 0 Å². The highest BCUT2D eigenvalue weighted by atomic mass is 32.2. The number of amides is 2. The van der Waals surface area contributed by atoms with Crippen molar-refractivity contribution in [2.45, 2.75) is 38.1 Å². The van der Waals surface area contributed by atoms with Gasteiger partial charge in [0.1, 0.15) is 11.9 Å². The fourth-order valence-corrected chi connectivity index (χ4v) is 5.89. The zero-order valence-electron chi connectivity index (χ0n) is 19.0. The van der Waals surface area contributed by atoms with Crippen LogP contribution in [0.5, 0.6) is 0 Å². The molecule has 1 atom stereocenters. The van der Waals surface area contributed by atoms with Gasteiger partial charge < -0.3 is 10.6 Å². The molecule has 0 spiro atoms. The van der Waals surface area contributed by atoms with Crippen molar-refractivity contribution >= 4 is 33.0 Å². The summed E-state index contributed by atoms with van der Waals surface area (Å²) in [5.41, 5.74) is 1.14. The van der Waals surface area contributed by atoms with Crippen LogP contribution in [0.2, 0.25) is 0 Å². The van der Waals surface area contributed by atoms with Gasteiger partial charge in [-0.05, 0) is 36.6 Å². The molecule has 2 aromatic carbocycles.